The van der Waals surface area contributed by atoms with Crippen LogP contribution in [0.3, 0.4) is 0 Å². The molecule has 0 radical (unpaired) electrons. The fourth-order valence-corrected chi connectivity index (χ4v) is 2.08. The van der Waals surface area contributed by atoms with E-state index in [4.69, 9.17) is 0 Å². The topological polar surface area (TPSA) is 90.0 Å². The molecule has 1 heterocycles. The highest BCUT2D eigenvalue weighted by atomic mass is 79.9. The SMILES string of the molecule is C=c1[nH]n(-c2ccc(Br)c(C)c2)c(=O)c1=CNCC(=O)[O-]. The third-order valence-electron chi connectivity index (χ3n) is 2.90. The van der Waals surface area contributed by atoms with Crippen molar-refractivity contribution in [1.29, 1.82) is 0 Å². The zero-order valence-electron chi connectivity index (χ0n) is 11.3. The van der Waals surface area contributed by atoms with Gasteiger partial charge in [-0.1, -0.05) is 22.5 Å². The van der Waals surface area contributed by atoms with Crippen molar-refractivity contribution in [1.82, 2.24) is 15.1 Å². The molecule has 0 fully saturated rings. The van der Waals surface area contributed by atoms with Crippen LogP contribution in [-0.4, -0.2) is 22.3 Å². The minimum absolute atomic E-state index is 0.275. The third kappa shape index (κ3) is 3.25. The maximum Gasteiger partial charge on any atom is 0.280 e. The van der Waals surface area contributed by atoms with E-state index in [1.807, 2.05) is 19.1 Å². The summed E-state index contributed by atoms with van der Waals surface area (Å²) in [4.78, 5) is 22.7. The van der Waals surface area contributed by atoms with E-state index in [1.165, 1.54) is 10.9 Å². The number of carboxylic acids is 1. The van der Waals surface area contributed by atoms with Gasteiger partial charge in [0, 0.05) is 10.7 Å². The molecule has 1 aromatic heterocycles. The van der Waals surface area contributed by atoms with Gasteiger partial charge in [-0.2, -0.15) is 0 Å². The molecule has 0 atom stereocenters. The molecule has 0 amide bonds. The van der Waals surface area contributed by atoms with E-state index in [2.05, 4.69) is 32.9 Å². The summed E-state index contributed by atoms with van der Waals surface area (Å²) >= 11 is 3.40. The van der Waals surface area contributed by atoms with Crippen LogP contribution in [0.2, 0.25) is 0 Å². The van der Waals surface area contributed by atoms with Crippen LogP contribution in [0.5, 0.6) is 0 Å². The molecule has 2 N–H and O–H groups in total. The van der Waals surface area contributed by atoms with Gasteiger partial charge in [0.2, 0.25) is 0 Å². The first-order valence-corrected chi connectivity index (χ1v) is 6.89. The van der Waals surface area contributed by atoms with E-state index in [9.17, 15) is 14.7 Å². The van der Waals surface area contributed by atoms with Crippen molar-refractivity contribution in [3.05, 3.63) is 49.2 Å². The second kappa shape index (κ2) is 6.01. The van der Waals surface area contributed by atoms with Gasteiger partial charge in [-0.3, -0.25) is 9.89 Å². The molecule has 1 aromatic carbocycles. The number of carboxylic acid groups (broad SMARTS) is 1. The summed E-state index contributed by atoms with van der Waals surface area (Å²) in [6, 6.07) is 5.48. The van der Waals surface area contributed by atoms with Crippen LogP contribution in [0.15, 0.2) is 27.5 Å². The maximum absolute atomic E-state index is 12.3. The van der Waals surface area contributed by atoms with Crippen molar-refractivity contribution in [3.8, 4) is 5.69 Å². The Hall–Kier alpha value is -2.28. The lowest BCUT2D eigenvalue weighted by atomic mass is 10.2. The molecule has 21 heavy (non-hydrogen) atoms. The first-order valence-electron chi connectivity index (χ1n) is 6.10. The zero-order chi connectivity index (χ0) is 15.6. The van der Waals surface area contributed by atoms with E-state index >= 15 is 0 Å². The van der Waals surface area contributed by atoms with Gasteiger partial charge in [0.25, 0.3) is 5.56 Å². The van der Waals surface area contributed by atoms with Gasteiger partial charge < -0.3 is 15.2 Å². The largest absolute Gasteiger partial charge is 0.548 e. The van der Waals surface area contributed by atoms with Crippen LogP contribution < -0.4 is 26.6 Å². The quantitative estimate of drug-likeness (QED) is 0.719. The molecule has 0 spiro atoms. The average molecular weight is 351 g/mol. The summed E-state index contributed by atoms with van der Waals surface area (Å²) in [5.41, 5.74) is 1.35. The molecule has 6 nitrogen and oxygen atoms in total. The summed E-state index contributed by atoms with van der Waals surface area (Å²) in [7, 11) is 0. The van der Waals surface area contributed by atoms with E-state index < -0.39 is 5.97 Å². The minimum atomic E-state index is -1.25. The normalized spacial score (nSPS) is 11.6. The number of aryl methyl sites for hydroxylation is 1. The smallest absolute Gasteiger partial charge is 0.280 e. The van der Waals surface area contributed by atoms with E-state index in [0.29, 0.717) is 11.0 Å². The highest BCUT2D eigenvalue weighted by Gasteiger charge is 2.05. The predicted molar refractivity (Wildman–Crippen MR) is 81.1 cm³/mol. The molecule has 0 saturated carbocycles. The minimum Gasteiger partial charge on any atom is -0.548 e. The van der Waals surface area contributed by atoms with Gasteiger partial charge in [-0.25, -0.2) is 4.68 Å². The fourth-order valence-electron chi connectivity index (χ4n) is 1.83. The molecule has 2 rings (SSSR count). The van der Waals surface area contributed by atoms with Crippen LogP contribution in [0.4, 0.5) is 0 Å². The lowest BCUT2D eigenvalue weighted by Crippen LogP contribution is -2.38. The number of nitrogens with zero attached hydrogens (tertiary/aromatic N) is 1. The Labute approximate surface area is 128 Å². The van der Waals surface area contributed by atoms with Crippen molar-refractivity contribution in [2.45, 2.75) is 6.92 Å². The molecule has 0 aliphatic rings. The number of nitrogens with one attached hydrogen (secondary N) is 2. The fraction of sp³-hybridized carbons (Fsp3) is 0.143. The number of aliphatic carboxylic acids is 1. The van der Waals surface area contributed by atoms with Gasteiger partial charge in [0.15, 0.2) is 0 Å². The Bertz CT molecular complexity index is 851. The number of carbonyl (C=O) groups is 1. The lowest BCUT2D eigenvalue weighted by Gasteiger charge is -2.04. The molecule has 2 aromatic rings. The summed E-state index contributed by atoms with van der Waals surface area (Å²) in [5, 5.41) is 16.4. The van der Waals surface area contributed by atoms with Crippen LogP contribution in [0, 0.1) is 6.92 Å². The number of rotatable bonds is 4. The number of aromatic amines is 1. The number of halogens is 1. The number of hydrogen-bond acceptors (Lipinski definition) is 4. The average Bonchev–Trinajstić information content (AvgIpc) is 2.69. The van der Waals surface area contributed by atoms with Gasteiger partial charge in [-0.15, -0.1) is 0 Å². The summed E-state index contributed by atoms with van der Waals surface area (Å²) in [6.07, 6.45) is 1.32. The molecular formula is C14H13BrN3O3-. The predicted octanol–water partition coefficient (Wildman–Crippen LogP) is -1.28. The summed E-state index contributed by atoms with van der Waals surface area (Å²) in [5.74, 6) is -1.25. The molecule has 0 unspecified atom stereocenters. The van der Waals surface area contributed by atoms with Gasteiger partial charge >= 0.3 is 0 Å². The summed E-state index contributed by atoms with van der Waals surface area (Å²) < 4.78 is 2.30. The second-order valence-electron chi connectivity index (χ2n) is 4.48. The van der Waals surface area contributed by atoms with E-state index in [1.54, 1.807) is 6.07 Å². The van der Waals surface area contributed by atoms with Gasteiger partial charge in [-0.05, 0) is 30.7 Å². The molecule has 7 heteroatoms. The van der Waals surface area contributed by atoms with Crippen molar-refractivity contribution in [2.75, 3.05) is 6.54 Å². The number of aromatic nitrogens is 2. The Balaban J connectivity index is 2.48. The third-order valence-corrected chi connectivity index (χ3v) is 3.79. The molecule has 0 aliphatic carbocycles. The Morgan fingerprint density at radius 2 is 2.29 bits per heavy atom. The van der Waals surface area contributed by atoms with Gasteiger partial charge in [0.05, 0.1) is 28.8 Å². The molecule has 110 valence electrons. The van der Waals surface area contributed by atoms with Crippen molar-refractivity contribution < 1.29 is 9.90 Å². The molecule has 0 saturated heterocycles. The Morgan fingerprint density at radius 3 is 2.90 bits per heavy atom. The highest BCUT2D eigenvalue weighted by molar-refractivity contribution is 9.10. The lowest BCUT2D eigenvalue weighted by molar-refractivity contribution is -0.303. The summed E-state index contributed by atoms with van der Waals surface area (Å²) in [6.45, 7) is 5.29. The van der Waals surface area contributed by atoms with Crippen molar-refractivity contribution >= 4 is 34.7 Å². The Morgan fingerprint density at radius 1 is 1.57 bits per heavy atom. The second-order valence-corrected chi connectivity index (χ2v) is 5.33. The van der Waals surface area contributed by atoms with Crippen LogP contribution >= 0.6 is 15.9 Å². The first-order chi connectivity index (χ1) is 9.90. The van der Waals surface area contributed by atoms with Crippen LogP contribution in [0.25, 0.3) is 18.5 Å². The van der Waals surface area contributed by atoms with Crippen LogP contribution in [0.1, 0.15) is 5.56 Å². The molecule has 0 aliphatic heterocycles. The van der Waals surface area contributed by atoms with Crippen LogP contribution in [-0.2, 0) is 4.79 Å². The number of carbonyl (C=O) groups excluding carboxylic acids is 1. The van der Waals surface area contributed by atoms with E-state index in [-0.39, 0.29) is 17.3 Å². The number of benzene rings is 1. The van der Waals surface area contributed by atoms with Crippen molar-refractivity contribution in [3.63, 3.8) is 0 Å². The zero-order valence-corrected chi connectivity index (χ0v) is 12.9. The van der Waals surface area contributed by atoms with E-state index in [0.717, 1.165) is 10.0 Å². The monoisotopic (exact) mass is 350 g/mol. The van der Waals surface area contributed by atoms with Gasteiger partial charge in [0.1, 0.15) is 0 Å². The number of hydrogen-bond donors (Lipinski definition) is 2. The van der Waals surface area contributed by atoms with Crippen molar-refractivity contribution in [2.24, 2.45) is 0 Å². The molecular weight excluding hydrogens is 338 g/mol. The number of H-pyrrole nitrogens is 1. The molecule has 0 bridgehead atoms. The first kappa shape index (κ1) is 15.1. The standard InChI is InChI=1S/C14H14BrN3O3/c1-8-5-10(3-4-12(8)15)18-14(21)11(9(2)17-18)6-16-7-13(19)20/h3-6,16-17H,2,7H2,1H3,(H,19,20)/p-1. The maximum atomic E-state index is 12.3. The Kier molecular flexibility index (Phi) is 4.32. The highest BCUT2D eigenvalue weighted by Crippen LogP contribution is 2.17.